The van der Waals surface area contributed by atoms with Crippen LogP contribution in [0.4, 0.5) is 11.4 Å². The van der Waals surface area contributed by atoms with Crippen molar-refractivity contribution in [1.29, 1.82) is 0 Å². The van der Waals surface area contributed by atoms with Crippen LogP contribution in [0.5, 0.6) is 0 Å². The smallest absolute Gasteiger partial charge is 0.269 e. The van der Waals surface area contributed by atoms with Crippen molar-refractivity contribution >= 4 is 34.7 Å². The molecule has 1 N–H and O–H groups in total. The Bertz CT molecular complexity index is 1300. The van der Waals surface area contributed by atoms with Crippen LogP contribution in [0.15, 0.2) is 67.0 Å². The summed E-state index contributed by atoms with van der Waals surface area (Å²) in [6, 6.07) is 14.6. The van der Waals surface area contributed by atoms with E-state index in [0.29, 0.717) is 33.9 Å². The summed E-state index contributed by atoms with van der Waals surface area (Å²) in [6.45, 7) is 0.349. The number of likely N-dealkylation sites (N-methyl/N-ethyl adjacent to an activating group) is 1. The first-order chi connectivity index (χ1) is 15.8. The zero-order valence-electron chi connectivity index (χ0n) is 17.6. The lowest BCUT2D eigenvalue weighted by atomic mass is 9.70. The standard InChI is InChI=1S/C24H19ClN4O4/c1-28-13-18(15-3-2-4-17(11-15)29(32)33)21(22(30)14-7-9-26-10-8-14)24(28)19-12-16(25)5-6-20(19)27-23(24)31/h2-12,18,21H,13H2,1H3,(H,27,31)/t18-,21+,24-/m1/s1. The molecule has 2 aliphatic heterocycles. The largest absolute Gasteiger partial charge is 0.324 e. The summed E-state index contributed by atoms with van der Waals surface area (Å²) in [5.41, 5.74) is 0.902. The number of carbonyl (C=O) groups excluding carboxylic acids is 2. The van der Waals surface area contributed by atoms with Crippen molar-refractivity contribution in [2.75, 3.05) is 18.9 Å². The third-order valence-electron chi connectivity index (χ3n) is 6.67. The molecule has 33 heavy (non-hydrogen) atoms. The number of nitrogens with zero attached hydrogens (tertiary/aromatic N) is 3. The number of hydrogen-bond acceptors (Lipinski definition) is 6. The van der Waals surface area contributed by atoms with Crippen LogP contribution in [0, 0.1) is 16.0 Å². The van der Waals surface area contributed by atoms with Crippen LogP contribution in [0.2, 0.25) is 5.02 Å². The van der Waals surface area contributed by atoms with Gasteiger partial charge in [-0.1, -0.05) is 23.7 Å². The molecule has 3 aromatic rings. The predicted molar refractivity (Wildman–Crippen MR) is 122 cm³/mol. The Morgan fingerprint density at radius 2 is 1.97 bits per heavy atom. The number of nitro benzene ring substituents is 1. The normalized spacial score (nSPS) is 24.0. The number of halogens is 1. The van der Waals surface area contributed by atoms with Crippen LogP contribution in [-0.2, 0) is 10.3 Å². The average Bonchev–Trinajstić information content (AvgIpc) is 3.29. The summed E-state index contributed by atoms with van der Waals surface area (Å²) in [7, 11) is 1.79. The van der Waals surface area contributed by atoms with Gasteiger partial charge < -0.3 is 5.32 Å². The van der Waals surface area contributed by atoms with Crippen molar-refractivity contribution in [2.24, 2.45) is 5.92 Å². The Morgan fingerprint density at radius 1 is 1.21 bits per heavy atom. The lowest BCUT2D eigenvalue weighted by molar-refractivity contribution is -0.384. The molecule has 2 aliphatic rings. The Hall–Kier alpha value is -3.62. The number of amides is 1. The average molecular weight is 463 g/mol. The topological polar surface area (TPSA) is 105 Å². The van der Waals surface area contributed by atoms with Gasteiger partial charge in [-0.15, -0.1) is 0 Å². The van der Waals surface area contributed by atoms with E-state index < -0.39 is 22.3 Å². The summed E-state index contributed by atoms with van der Waals surface area (Å²) >= 11 is 6.31. The number of anilines is 1. The van der Waals surface area contributed by atoms with Crippen LogP contribution < -0.4 is 5.32 Å². The Balaban J connectivity index is 1.74. The van der Waals surface area contributed by atoms with E-state index in [1.165, 1.54) is 24.5 Å². The third kappa shape index (κ3) is 3.13. The number of hydrogen-bond donors (Lipinski definition) is 1. The third-order valence-corrected chi connectivity index (χ3v) is 6.90. The summed E-state index contributed by atoms with van der Waals surface area (Å²) in [4.78, 5) is 44.4. The minimum absolute atomic E-state index is 0.0643. The van der Waals surface area contributed by atoms with Gasteiger partial charge in [0.15, 0.2) is 5.78 Å². The molecule has 3 heterocycles. The number of nitro groups is 1. The second kappa shape index (κ2) is 7.75. The fourth-order valence-electron chi connectivity index (χ4n) is 5.28. The number of likely N-dealkylation sites (tertiary alicyclic amines) is 1. The fourth-order valence-corrected chi connectivity index (χ4v) is 5.45. The predicted octanol–water partition coefficient (Wildman–Crippen LogP) is 4.02. The lowest BCUT2D eigenvalue weighted by Gasteiger charge is -2.35. The maximum Gasteiger partial charge on any atom is 0.269 e. The van der Waals surface area contributed by atoms with Crippen LogP contribution in [-0.4, -0.2) is 40.1 Å². The molecular weight excluding hydrogens is 444 g/mol. The van der Waals surface area contributed by atoms with E-state index in [9.17, 15) is 19.7 Å². The molecule has 1 saturated heterocycles. The number of ketones is 1. The number of nitrogens with one attached hydrogen (secondary N) is 1. The van der Waals surface area contributed by atoms with Gasteiger partial charge in [-0.2, -0.15) is 0 Å². The first-order valence-corrected chi connectivity index (χ1v) is 10.7. The molecule has 0 bridgehead atoms. The van der Waals surface area contributed by atoms with Crippen LogP contribution in [0.25, 0.3) is 0 Å². The Kier molecular flexibility index (Phi) is 4.99. The van der Waals surface area contributed by atoms with Crippen molar-refractivity contribution in [1.82, 2.24) is 9.88 Å². The number of non-ortho nitro benzene ring substituents is 1. The highest BCUT2D eigenvalue weighted by atomic mass is 35.5. The highest BCUT2D eigenvalue weighted by Gasteiger charge is 2.64. The van der Waals surface area contributed by atoms with E-state index in [0.717, 1.165) is 0 Å². The molecule has 3 atom stereocenters. The SMILES string of the molecule is CN1C[C@H](c2cccc([N+](=O)[O-])c2)[C@@H](C(=O)c2ccncc2)[C@]12C(=O)Nc1ccc(Cl)cc12. The molecule has 166 valence electrons. The highest BCUT2D eigenvalue weighted by molar-refractivity contribution is 6.31. The van der Waals surface area contributed by atoms with Gasteiger partial charge in [0.2, 0.25) is 5.91 Å². The van der Waals surface area contributed by atoms with Gasteiger partial charge in [0.25, 0.3) is 5.69 Å². The molecule has 2 aromatic carbocycles. The molecular formula is C24H19ClN4O4. The number of fused-ring (bicyclic) bond motifs is 2. The highest BCUT2D eigenvalue weighted by Crippen LogP contribution is 2.56. The first kappa shape index (κ1) is 21.2. The molecule has 5 rings (SSSR count). The van der Waals surface area contributed by atoms with E-state index in [1.54, 1.807) is 49.5 Å². The molecule has 0 unspecified atom stereocenters. The van der Waals surface area contributed by atoms with Gasteiger partial charge in [-0.05, 0) is 42.9 Å². The molecule has 8 nitrogen and oxygen atoms in total. The first-order valence-electron chi connectivity index (χ1n) is 10.4. The maximum atomic E-state index is 14.0. The summed E-state index contributed by atoms with van der Waals surface area (Å²) in [6.07, 6.45) is 3.06. The van der Waals surface area contributed by atoms with Crippen molar-refractivity contribution in [3.05, 3.63) is 98.8 Å². The monoisotopic (exact) mass is 462 g/mol. The summed E-state index contributed by atoms with van der Waals surface area (Å²) in [5, 5.41) is 14.8. The fraction of sp³-hybridized carbons (Fsp3) is 0.208. The number of aromatic nitrogens is 1. The molecule has 0 saturated carbocycles. The van der Waals surface area contributed by atoms with Gasteiger partial charge in [0.05, 0.1) is 10.8 Å². The second-order valence-electron chi connectivity index (χ2n) is 8.33. The zero-order chi connectivity index (χ0) is 23.3. The van der Waals surface area contributed by atoms with Crippen molar-refractivity contribution in [2.45, 2.75) is 11.5 Å². The Morgan fingerprint density at radius 3 is 2.70 bits per heavy atom. The molecule has 0 aliphatic carbocycles. The zero-order valence-corrected chi connectivity index (χ0v) is 18.3. The summed E-state index contributed by atoms with van der Waals surface area (Å²) < 4.78 is 0. The number of pyridine rings is 1. The van der Waals surface area contributed by atoms with E-state index in [1.807, 2.05) is 4.90 Å². The summed E-state index contributed by atoms with van der Waals surface area (Å²) in [5.74, 6) is -1.86. The quantitative estimate of drug-likeness (QED) is 0.356. The van der Waals surface area contributed by atoms with E-state index in [2.05, 4.69) is 10.3 Å². The van der Waals surface area contributed by atoms with Crippen molar-refractivity contribution in [3.63, 3.8) is 0 Å². The Labute approximate surface area is 194 Å². The van der Waals surface area contributed by atoms with Crippen molar-refractivity contribution < 1.29 is 14.5 Å². The van der Waals surface area contributed by atoms with Gasteiger partial charge in [0, 0.05) is 58.8 Å². The van der Waals surface area contributed by atoms with Crippen LogP contribution in [0.3, 0.4) is 0 Å². The van der Waals surface area contributed by atoms with E-state index in [-0.39, 0.29) is 17.4 Å². The molecule has 1 fully saturated rings. The number of Topliss-reactive ketones (excluding diaryl/α,β-unsaturated/α-hetero) is 1. The lowest BCUT2D eigenvalue weighted by Crippen LogP contribution is -2.51. The second-order valence-corrected chi connectivity index (χ2v) is 8.76. The molecule has 1 spiro atoms. The molecule has 1 amide bonds. The number of benzene rings is 2. The maximum absolute atomic E-state index is 14.0. The minimum atomic E-state index is -1.31. The van der Waals surface area contributed by atoms with E-state index in [4.69, 9.17) is 11.6 Å². The van der Waals surface area contributed by atoms with Gasteiger partial charge in [-0.3, -0.25) is 29.6 Å². The molecule has 0 radical (unpaired) electrons. The van der Waals surface area contributed by atoms with Gasteiger partial charge in [-0.25, -0.2) is 0 Å². The van der Waals surface area contributed by atoms with Crippen LogP contribution >= 0.6 is 11.6 Å². The van der Waals surface area contributed by atoms with Crippen molar-refractivity contribution in [3.8, 4) is 0 Å². The van der Waals surface area contributed by atoms with E-state index >= 15 is 0 Å². The minimum Gasteiger partial charge on any atom is -0.324 e. The number of rotatable bonds is 4. The van der Waals surface area contributed by atoms with Crippen LogP contribution in [0.1, 0.15) is 27.4 Å². The van der Waals surface area contributed by atoms with Gasteiger partial charge in [0.1, 0.15) is 5.54 Å². The number of carbonyl (C=O) groups is 2. The molecule has 1 aromatic heterocycles. The van der Waals surface area contributed by atoms with Gasteiger partial charge >= 0.3 is 0 Å². The molecule has 9 heteroatoms.